The predicted molar refractivity (Wildman–Crippen MR) is 90.6 cm³/mol. The zero-order valence-electron chi connectivity index (χ0n) is 13.7. The minimum atomic E-state index is 0.690. The molecule has 2 heterocycles. The first-order valence-corrected chi connectivity index (χ1v) is 8.50. The number of hydrogen-bond donors (Lipinski definition) is 0. The maximum atomic E-state index is 5.82. The van der Waals surface area contributed by atoms with Gasteiger partial charge in [0.05, 0.1) is 25.1 Å². The van der Waals surface area contributed by atoms with Crippen LogP contribution in [0.4, 0.5) is 0 Å². The summed E-state index contributed by atoms with van der Waals surface area (Å²) in [4.78, 5) is 4.80. The molecule has 0 radical (unpaired) electrons. The highest BCUT2D eigenvalue weighted by atomic mass is 16.5. The van der Waals surface area contributed by atoms with Gasteiger partial charge in [-0.05, 0) is 61.4 Å². The van der Waals surface area contributed by atoms with Crippen molar-refractivity contribution in [3.05, 3.63) is 41.6 Å². The van der Waals surface area contributed by atoms with E-state index < -0.39 is 0 Å². The first-order chi connectivity index (χ1) is 11.8. The number of fused-ring (bicyclic) bond motifs is 5. The Labute approximate surface area is 140 Å². The fraction of sp³-hybridized carbons (Fsp3) is 0.368. The van der Waals surface area contributed by atoms with Crippen molar-refractivity contribution in [1.82, 2.24) is 14.6 Å². The molecule has 0 N–H and O–H groups in total. The average molecular weight is 321 g/mol. The lowest BCUT2D eigenvalue weighted by Crippen LogP contribution is -2.08. The highest BCUT2D eigenvalue weighted by Crippen LogP contribution is 2.35. The highest BCUT2D eigenvalue weighted by Gasteiger charge is 2.24. The molecule has 5 rings (SSSR count). The minimum Gasteiger partial charge on any atom is -0.497 e. The van der Waals surface area contributed by atoms with Gasteiger partial charge in [0.25, 0.3) is 0 Å². The Kier molecular flexibility index (Phi) is 3.01. The molecule has 0 bridgehead atoms. The quantitative estimate of drug-likeness (QED) is 0.740. The van der Waals surface area contributed by atoms with Gasteiger partial charge in [-0.3, -0.25) is 0 Å². The normalized spacial score (nSPS) is 15.9. The molecule has 2 aliphatic carbocycles. The van der Waals surface area contributed by atoms with Crippen LogP contribution < -0.4 is 9.47 Å². The summed E-state index contributed by atoms with van der Waals surface area (Å²) in [6, 6.07) is 10.1. The van der Waals surface area contributed by atoms with E-state index in [-0.39, 0.29) is 0 Å². The molecule has 2 aromatic heterocycles. The lowest BCUT2D eigenvalue weighted by Gasteiger charge is -2.16. The Morgan fingerprint density at radius 2 is 2.08 bits per heavy atom. The maximum Gasteiger partial charge on any atom is 0.231 e. The van der Waals surface area contributed by atoms with E-state index in [9.17, 15) is 0 Å². The van der Waals surface area contributed by atoms with Crippen LogP contribution in [0.3, 0.4) is 0 Å². The molecule has 0 atom stereocenters. The van der Waals surface area contributed by atoms with Crippen LogP contribution in [0, 0.1) is 5.92 Å². The molecular formula is C19H19N3O2. The SMILES string of the molecule is COc1ccc2c(c1)CCc1c-2nc2ccc(OCC3CC3)nn12. The number of ether oxygens (including phenoxy) is 2. The van der Waals surface area contributed by atoms with Crippen molar-refractivity contribution in [3.8, 4) is 22.9 Å². The summed E-state index contributed by atoms with van der Waals surface area (Å²) in [6.45, 7) is 0.776. The van der Waals surface area contributed by atoms with Gasteiger partial charge in [0.15, 0.2) is 5.65 Å². The third-order valence-corrected chi connectivity index (χ3v) is 4.91. The monoisotopic (exact) mass is 321 g/mol. The Morgan fingerprint density at radius 3 is 2.92 bits per heavy atom. The van der Waals surface area contributed by atoms with Crippen molar-refractivity contribution in [3.63, 3.8) is 0 Å². The molecule has 0 saturated heterocycles. The molecule has 0 unspecified atom stereocenters. The Balaban J connectivity index is 1.56. The van der Waals surface area contributed by atoms with Gasteiger partial charge in [-0.2, -0.15) is 0 Å². The zero-order valence-corrected chi connectivity index (χ0v) is 13.7. The molecule has 122 valence electrons. The first-order valence-electron chi connectivity index (χ1n) is 8.50. The van der Waals surface area contributed by atoms with Crippen molar-refractivity contribution < 1.29 is 9.47 Å². The average Bonchev–Trinajstić information content (AvgIpc) is 3.38. The number of aromatic nitrogens is 3. The number of rotatable bonds is 4. The van der Waals surface area contributed by atoms with Gasteiger partial charge < -0.3 is 9.47 Å². The molecule has 0 spiro atoms. The van der Waals surface area contributed by atoms with E-state index >= 15 is 0 Å². The van der Waals surface area contributed by atoms with E-state index in [4.69, 9.17) is 14.5 Å². The van der Waals surface area contributed by atoms with Crippen LogP contribution in [0.25, 0.3) is 16.9 Å². The summed E-state index contributed by atoms with van der Waals surface area (Å²) in [7, 11) is 1.70. The van der Waals surface area contributed by atoms with Gasteiger partial charge in [0.2, 0.25) is 5.88 Å². The highest BCUT2D eigenvalue weighted by molar-refractivity contribution is 5.72. The van der Waals surface area contributed by atoms with Crippen LogP contribution in [-0.4, -0.2) is 28.3 Å². The summed E-state index contributed by atoms with van der Waals surface area (Å²) in [5.74, 6) is 2.31. The van der Waals surface area contributed by atoms with Crippen LogP contribution >= 0.6 is 0 Å². The second-order valence-corrected chi connectivity index (χ2v) is 6.63. The fourth-order valence-electron chi connectivity index (χ4n) is 3.35. The van der Waals surface area contributed by atoms with E-state index in [1.165, 1.54) is 29.7 Å². The van der Waals surface area contributed by atoms with E-state index in [0.29, 0.717) is 5.88 Å². The molecule has 1 aromatic carbocycles. The second-order valence-electron chi connectivity index (χ2n) is 6.63. The van der Waals surface area contributed by atoms with Crippen LogP contribution in [0.2, 0.25) is 0 Å². The molecule has 3 aromatic rings. The minimum absolute atomic E-state index is 0.690. The molecule has 5 nitrogen and oxygen atoms in total. The summed E-state index contributed by atoms with van der Waals surface area (Å²) < 4.78 is 13.1. The van der Waals surface area contributed by atoms with Crippen LogP contribution in [0.15, 0.2) is 30.3 Å². The Bertz CT molecular complexity index is 928. The molecule has 0 aliphatic heterocycles. The van der Waals surface area contributed by atoms with Gasteiger partial charge in [-0.1, -0.05) is 0 Å². The van der Waals surface area contributed by atoms with E-state index in [2.05, 4.69) is 17.2 Å². The van der Waals surface area contributed by atoms with Gasteiger partial charge in [-0.15, -0.1) is 5.10 Å². The molecule has 1 fully saturated rings. The fourth-order valence-corrected chi connectivity index (χ4v) is 3.35. The molecule has 0 amide bonds. The molecule has 24 heavy (non-hydrogen) atoms. The summed E-state index contributed by atoms with van der Waals surface area (Å²) in [5.41, 5.74) is 5.55. The van der Waals surface area contributed by atoms with E-state index in [1.54, 1.807) is 7.11 Å². The van der Waals surface area contributed by atoms with Crippen molar-refractivity contribution in [2.24, 2.45) is 5.92 Å². The van der Waals surface area contributed by atoms with Gasteiger partial charge in [-0.25, -0.2) is 9.50 Å². The lowest BCUT2D eigenvalue weighted by atomic mass is 9.92. The van der Waals surface area contributed by atoms with Crippen molar-refractivity contribution in [2.45, 2.75) is 25.7 Å². The van der Waals surface area contributed by atoms with Crippen molar-refractivity contribution in [1.29, 1.82) is 0 Å². The molecular weight excluding hydrogens is 302 g/mol. The summed E-state index contributed by atoms with van der Waals surface area (Å²) >= 11 is 0. The van der Waals surface area contributed by atoms with Crippen LogP contribution in [-0.2, 0) is 12.8 Å². The predicted octanol–water partition coefficient (Wildman–Crippen LogP) is 3.29. The largest absolute Gasteiger partial charge is 0.497 e. The zero-order chi connectivity index (χ0) is 16.1. The summed E-state index contributed by atoms with van der Waals surface area (Å²) in [5, 5.41) is 4.66. The topological polar surface area (TPSA) is 48.7 Å². The summed E-state index contributed by atoms with van der Waals surface area (Å²) in [6.07, 6.45) is 4.46. The lowest BCUT2D eigenvalue weighted by molar-refractivity contribution is 0.284. The second kappa shape index (κ2) is 5.23. The number of imidazole rings is 1. The first kappa shape index (κ1) is 13.8. The Hall–Kier alpha value is -2.56. The van der Waals surface area contributed by atoms with Gasteiger partial charge >= 0.3 is 0 Å². The van der Waals surface area contributed by atoms with Crippen molar-refractivity contribution in [2.75, 3.05) is 13.7 Å². The molecule has 2 aliphatic rings. The molecule has 1 saturated carbocycles. The smallest absolute Gasteiger partial charge is 0.231 e. The number of benzene rings is 1. The number of methoxy groups -OCH3 is 1. The molecule has 5 heteroatoms. The van der Waals surface area contributed by atoms with E-state index in [0.717, 1.165) is 42.5 Å². The standard InChI is InChI=1S/C19H19N3O2/c1-23-14-5-6-15-13(10-14)4-7-16-19(15)20-17-8-9-18(21-22(16)17)24-11-12-2-3-12/h5-6,8-10,12H,2-4,7,11H2,1H3. The third-order valence-electron chi connectivity index (χ3n) is 4.91. The van der Waals surface area contributed by atoms with Crippen LogP contribution in [0.1, 0.15) is 24.1 Å². The number of hydrogen-bond acceptors (Lipinski definition) is 4. The van der Waals surface area contributed by atoms with Crippen molar-refractivity contribution >= 4 is 5.65 Å². The maximum absolute atomic E-state index is 5.82. The Morgan fingerprint density at radius 1 is 1.17 bits per heavy atom. The third kappa shape index (κ3) is 2.23. The van der Waals surface area contributed by atoms with E-state index in [1.807, 2.05) is 22.7 Å². The number of nitrogens with zero attached hydrogens (tertiary/aromatic N) is 3. The van der Waals surface area contributed by atoms with Crippen LogP contribution in [0.5, 0.6) is 11.6 Å². The number of aryl methyl sites for hydroxylation is 2. The van der Waals surface area contributed by atoms with Gasteiger partial charge in [0, 0.05) is 11.6 Å². The van der Waals surface area contributed by atoms with Gasteiger partial charge in [0.1, 0.15) is 5.75 Å².